The van der Waals surface area contributed by atoms with E-state index in [2.05, 4.69) is 16.0 Å². The van der Waals surface area contributed by atoms with Gasteiger partial charge in [0.2, 0.25) is 17.6 Å². The van der Waals surface area contributed by atoms with Gasteiger partial charge in [0.15, 0.2) is 6.61 Å². The number of ketones is 1. The number of hydrogen-bond acceptors (Lipinski definition) is 6. The number of nitrogens with zero attached hydrogens (tertiary/aromatic N) is 1. The smallest absolute Gasteiger partial charge is 0.416 e. The monoisotopic (exact) mass is 600 g/mol. The molecule has 1 aliphatic carbocycles. The Labute approximate surface area is 239 Å². The van der Waals surface area contributed by atoms with E-state index in [1.54, 1.807) is 6.92 Å². The number of ether oxygens (including phenoxy) is 1. The molecular formula is C27H32ClF3N4O6. The number of rotatable bonds is 10. The molecule has 2 heterocycles. The average molecular weight is 601 g/mol. The summed E-state index contributed by atoms with van der Waals surface area (Å²) in [5.41, 5.74) is -0.961. The van der Waals surface area contributed by atoms with Crippen LogP contribution in [0.4, 0.5) is 13.2 Å². The molecule has 1 aromatic rings. The zero-order chi connectivity index (χ0) is 29.9. The summed E-state index contributed by atoms with van der Waals surface area (Å²) in [7, 11) is 0. The molecule has 224 valence electrons. The van der Waals surface area contributed by atoms with Crippen LogP contribution in [0.25, 0.3) is 0 Å². The Morgan fingerprint density at radius 3 is 2.59 bits per heavy atom. The van der Waals surface area contributed by atoms with Crippen LogP contribution in [-0.2, 0) is 30.1 Å². The number of nitrogens with one attached hydrogen (secondary N) is 3. The van der Waals surface area contributed by atoms with E-state index in [-0.39, 0.29) is 48.0 Å². The maximum atomic E-state index is 13.7. The summed E-state index contributed by atoms with van der Waals surface area (Å²) in [6.45, 7) is 1.97. The number of fused-ring (bicyclic) bond motifs is 1. The summed E-state index contributed by atoms with van der Waals surface area (Å²) in [5.74, 6) is -4.00. The van der Waals surface area contributed by atoms with Crippen molar-refractivity contribution in [3.8, 4) is 5.75 Å². The summed E-state index contributed by atoms with van der Waals surface area (Å²) in [6.07, 6.45) is -1.86. The summed E-state index contributed by atoms with van der Waals surface area (Å²) >= 11 is 5.94. The maximum absolute atomic E-state index is 13.7. The van der Waals surface area contributed by atoms with Crippen molar-refractivity contribution in [2.45, 2.75) is 57.3 Å². The van der Waals surface area contributed by atoms with Gasteiger partial charge in [-0.1, -0.05) is 18.0 Å². The fourth-order valence-corrected chi connectivity index (χ4v) is 6.20. The number of likely N-dealkylation sites (tertiary alicyclic amines) is 1. The van der Waals surface area contributed by atoms with E-state index >= 15 is 0 Å². The van der Waals surface area contributed by atoms with Gasteiger partial charge in [-0.2, -0.15) is 13.2 Å². The lowest BCUT2D eigenvalue weighted by Crippen LogP contribution is -2.55. The number of hydrogen-bond donors (Lipinski definition) is 3. The first-order valence-corrected chi connectivity index (χ1v) is 14.0. The minimum absolute atomic E-state index is 0.0440. The first-order valence-electron chi connectivity index (χ1n) is 13.6. The van der Waals surface area contributed by atoms with Gasteiger partial charge in [-0.25, -0.2) is 0 Å². The number of Topliss-reactive ketones (excluding diaryl/α,β-unsaturated/α-hetero) is 1. The normalized spacial score (nSPS) is 24.4. The maximum Gasteiger partial charge on any atom is 0.416 e. The zero-order valence-electron chi connectivity index (χ0n) is 22.4. The highest BCUT2D eigenvalue weighted by Gasteiger charge is 2.50. The van der Waals surface area contributed by atoms with Gasteiger partial charge in [-0.15, -0.1) is 0 Å². The molecule has 2 saturated heterocycles. The first-order chi connectivity index (χ1) is 19.4. The number of carbonyl (C=O) groups excluding carboxylic acids is 5. The molecule has 10 nitrogen and oxygen atoms in total. The molecule has 3 N–H and O–H groups in total. The number of carbonyl (C=O) groups is 5. The number of likely N-dealkylation sites (N-methyl/N-ethyl adjacent to an activating group) is 1. The zero-order valence-corrected chi connectivity index (χ0v) is 23.1. The van der Waals surface area contributed by atoms with Gasteiger partial charge in [0.25, 0.3) is 11.8 Å². The lowest BCUT2D eigenvalue weighted by Gasteiger charge is -2.29. The SMILES string of the molecule is CCNC(=O)C(=O)[C@H](C[C@@H]1CCNC1=O)NC(=O)[C@@H]1[C@H]2CCC[C@H]2CN1C(=O)COc1ccc(C(F)(F)F)cc1Cl. The third-order valence-electron chi connectivity index (χ3n) is 7.97. The second-order valence-electron chi connectivity index (χ2n) is 10.6. The molecule has 1 saturated carbocycles. The molecule has 0 unspecified atom stereocenters. The molecular weight excluding hydrogens is 569 g/mol. The van der Waals surface area contributed by atoms with Crippen molar-refractivity contribution >= 4 is 41.0 Å². The van der Waals surface area contributed by atoms with Crippen LogP contribution < -0.4 is 20.7 Å². The highest BCUT2D eigenvalue weighted by atomic mass is 35.5. The van der Waals surface area contributed by atoms with Gasteiger partial charge >= 0.3 is 6.18 Å². The fourth-order valence-electron chi connectivity index (χ4n) is 5.96. The standard InChI is InChI=1S/C27H32ClF3N4O6/c1-2-32-26(40)23(37)19(10-14-8-9-33-24(14)38)34-25(39)22-17-5-3-4-15(17)12-35(22)21(36)13-41-20-7-6-16(11-18(20)28)27(29,30)31/h6-7,11,14-15,17,19,22H,2-5,8-10,12-13H2,1H3,(H,32,40)(H,33,38)(H,34,39)/t14-,15-,17-,19-,22-/m0/s1. The average Bonchev–Trinajstić information content (AvgIpc) is 3.62. The van der Waals surface area contributed by atoms with E-state index in [4.69, 9.17) is 16.3 Å². The largest absolute Gasteiger partial charge is 0.482 e. The van der Waals surface area contributed by atoms with Gasteiger partial charge < -0.3 is 25.6 Å². The van der Waals surface area contributed by atoms with E-state index in [1.807, 2.05) is 0 Å². The molecule has 2 aliphatic heterocycles. The summed E-state index contributed by atoms with van der Waals surface area (Å²) in [5, 5.41) is 7.44. The Bertz CT molecular complexity index is 1210. The van der Waals surface area contributed by atoms with Crippen molar-refractivity contribution in [1.82, 2.24) is 20.9 Å². The lowest BCUT2D eigenvalue weighted by atomic mass is 9.91. The molecule has 1 aromatic carbocycles. The second-order valence-corrected chi connectivity index (χ2v) is 11.0. The minimum atomic E-state index is -4.59. The quantitative estimate of drug-likeness (QED) is 0.352. The summed E-state index contributed by atoms with van der Waals surface area (Å²) in [4.78, 5) is 65.7. The van der Waals surface area contributed by atoms with Crippen molar-refractivity contribution < 1.29 is 41.9 Å². The van der Waals surface area contributed by atoms with Crippen molar-refractivity contribution in [1.29, 1.82) is 0 Å². The highest BCUT2D eigenvalue weighted by Crippen LogP contribution is 2.42. The Kier molecular flexibility index (Phi) is 9.45. The van der Waals surface area contributed by atoms with Crippen molar-refractivity contribution in [2.75, 3.05) is 26.2 Å². The van der Waals surface area contributed by atoms with Crippen LogP contribution in [0.2, 0.25) is 5.02 Å². The van der Waals surface area contributed by atoms with Crippen LogP contribution in [0.3, 0.4) is 0 Å². The third-order valence-corrected chi connectivity index (χ3v) is 8.26. The molecule has 3 fully saturated rings. The number of halogens is 4. The van der Waals surface area contributed by atoms with Crippen LogP contribution in [0, 0.1) is 17.8 Å². The van der Waals surface area contributed by atoms with Crippen LogP contribution in [0.1, 0.15) is 44.6 Å². The topological polar surface area (TPSA) is 134 Å². The van der Waals surface area contributed by atoms with Gasteiger partial charge in [-0.3, -0.25) is 24.0 Å². The predicted molar refractivity (Wildman–Crippen MR) is 140 cm³/mol. The molecule has 0 radical (unpaired) electrons. The van der Waals surface area contributed by atoms with E-state index in [0.29, 0.717) is 25.5 Å². The van der Waals surface area contributed by atoms with E-state index < -0.39 is 59.9 Å². The number of amides is 4. The van der Waals surface area contributed by atoms with E-state index in [1.165, 1.54) is 4.90 Å². The fraction of sp³-hybridized carbons (Fsp3) is 0.593. The molecule has 4 rings (SSSR count). The lowest BCUT2D eigenvalue weighted by molar-refractivity contribution is -0.143. The molecule has 14 heteroatoms. The molecule has 5 atom stereocenters. The number of benzene rings is 1. The Morgan fingerprint density at radius 2 is 1.95 bits per heavy atom. The van der Waals surface area contributed by atoms with Gasteiger partial charge in [-0.05, 0) is 62.6 Å². The molecule has 3 aliphatic rings. The van der Waals surface area contributed by atoms with E-state index in [0.717, 1.165) is 25.0 Å². The summed E-state index contributed by atoms with van der Waals surface area (Å²) in [6, 6.07) is 0.316. The second kappa shape index (κ2) is 12.7. The molecule has 0 bridgehead atoms. The van der Waals surface area contributed by atoms with Crippen molar-refractivity contribution in [3.63, 3.8) is 0 Å². The van der Waals surface area contributed by atoms with Gasteiger partial charge in [0, 0.05) is 25.6 Å². The van der Waals surface area contributed by atoms with Crippen LogP contribution >= 0.6 is 11.6 Å². The van der Waals surface area contributed by atoms with Gasteiger partial charge in [0.1, 0.15) is 11.8 Å². The van der Waals surface area contributed by atoms with Crippen molar-refractivity contribution in [3.05, 3.63) is 28.8 Å². The highest BCUT2D eigenvalue weighted by molar-refractivity contribution is 6.38. The van der Waals surface area contributed by atoms with Crippen LogP contribution in [0.5, 0.6) is 5.75 Å². The Balaban J connectivity index is 1.48. The van der Waals surface area contributed by atoms with Gasteiger partial charge in [0.05, 0.1) is 16.6 Å². The Hall–Kier alpha value is -3.35. The summed E-state index contributed by atoms with van der Waals surface area (Å²) < 4.78 is 44.3. The van der Waals surface area contributed by atoms with Crippen LogP contribution in [0.15, 0.2) is 18.2 Å². The first kappa shape index (κ1) is 30.6. The minimum Gasteiger partial charge on any atom is -0.482 e. The van der Waals surface area contributed by atoms with Crippen LogP contribution in [-0.4, -0.2) is 72.6 Å². The van der Waals surface area contributed by atoms with E-state index in [9.17, 15) is 37.1 Å². The molecule has 41 heavy (non-hydrogen) atoms. The third kappa shape index (κ3) is 6.94. The number of alkyl halides is 3. The van der Waals surface area contributed by atoms with Crippen molar-refractivity contribution in [2.24, 2.45) is 17.8 Å². The molecule has 4 amide bonds. The molecule has 0 spiro atoms. The Morgan fingerprint density at radius 1 is 1.20 bits per heavy atom. The molecule has 0 aromatic heterocycles. The predicted octanol–water partition coefficient (Wildman–Crippen LogP) is 2.08.